The molecule has 0 aliphatic rings. The summed E-state index contributed by atoms with van der Waals surface area (Å²) in [5.41, 5.74) is 2.42. The van der Waals surface area contributed by atoms with Crippen molar-refractivity contribution in [1.82, 2.24) is 4.98 Å². The number of carboxylic acid groups (broad SMARTS) is 1. The van der Waals surface area contributed by atoms with Crippen molar-refractivity contribution in [3.8, 4) is 11.5 Å². The summed E-state index contributed by atoms with van der Waals surface area (Å²) in [7, 11) is 1.58. The highest BCUT2D eigenvalue weighted by atomic mass is 16.5. The van der Waals surface area contributed by atoms with Crippen LogP contribution in [0.25, 0.3) is 22.7 Å². The Morgan fingerprint density at radius 2 is 2.00 bits per heavy atom. The number of benzene rings is 2. The quantitative estimate of drug-likeness (QED) is 0.594. The highest BCUT2D eigenvalue weighted by Gasteiger charge is 2.13. The van der Waals surface area contributed by atoms with Gasteiger partial charge in [-0.15, -0.1) is 0 Å². The van der Waals surface area contributed by atoms with Gasteiger partial charge in [-0.25, -0.2) is 4.98 Å². The van der Waals surface area contributed by atoms with Crippen molar-refractivity contribution in [3.63, 3.8) is 0 Å². The van der Waals surface area contributed by atoms with E-state index in [9.17, 15) is 9.90 Å². The number of carbonyl (C=O) groups excluding carboxylic acids is 1. The molecule has 6 nitrogen and oxygen atoms in total. The van der Waals surface area contributed by atoms with E-state index >= 15 is 0 Å². The van der Waals surface area contributed by atoms with Crippen LogP contribution in [0.1, 0.15) is 31.7 Å². The second kappa shape index (κ2) is 8.61. The van der Waals surface area contributed by atoms with Crippen LogP contribution < -0.4 is 14.6 Å². The molecule has 0 N–H and O–H groups in total. The van der Waals surface area contributed by atoms with Crippen LogP contribution in [-0.4, -0.2) is 24.7 Å². The first kappa shape index (κ1) is 19.5. The van der Waals surface area contributed by atoms with Crippen molar-refractivity contribution in [2.45, 2.75) is 20.3 Å². The number of nitrogens with zero attached hydrogens (tertiary/aromatic N) is 1. The molecule has 3 rings (SSSR count). The minimum absolute atomic E-state index is 0.255. The van der Waals surface area contributed by atoms with Crippen LogP contribution in [0.3, 0.4) is 0 Å². The summed E-state index contributed by atoms with van der Waals surface area (Å²) in [5.74, 6) is 0.609. The smallest absolute Gasteiger partial charge is 0.223 e. The van der Waals surface area contributed by atoms with E-state index in [0.29, 0.717) is 40.7 Å². The van der Waals surface area contributed by atoms with E-state index < -0.39 is 5.97 Å². The van der Waals surface area contributed by atoms with Crippen LogP contribution in [0.4, 0.5) is 0 Å². The molecule has 0 atom stereocenters. The van der Waals surface area contributed by atoms with Crippen LogP contribution in [0.15, 0.2) is 46.9 Å². The number of rotatable bonds is 8. The zero-order valence-electron chi connectivity index (χ0n) is 16.1. The van der Waals surface area contributed by atoms with E-state index in [1.54, 1.807) is 31.4 Å². The van der Waals surface area contributed by atoms with Crippen molar-refractivity contribution < 1.29 is 23.8 Å². The molecule has 2 aromatic carbocycles. The molecule has 1 aromatic heterocycles. The Hall–Kier alpha value is -3.28. The molecule has 0 aliphatic heterocycles. The van der Waals surface area contributed by atoms with Gasteiger partial charge in [-0.2, -0.15) is 0 Å². The Morgan fingerprint density at radius 1 is 1.21 bits per heavy atom. The van der Waals surface area contributed by atoms with E-state index in [2.05, 4.69) is 18.8 Å². The molecule has 0 radical (unpaired) electrons. The topological polar surface area (TPSA) is 84.6 Å². The average Bonchev–Trinajstić information content (AvgIpc) is 3.10. The van der Waals surface area contributed by atoms with E-state index in [1.165, 1.54) is 0 Å². The Kier molecular flexibility index (Phi) is 5.99. The fourth-order valence-electron chi connectivity index (χ4n) is 2.71. The maximum absolute atomic E-state index is 11.3. The van der Waals surface area contributed by atoms with Gasteiger partial charge in [0.15, 0.2) is 17.1 Å². The number of carboxylic acids is 1. The molecule has 146 valence electrons. The van der Waals surface area contributed by atoms with Crippen molar-refractivity contribution in [3.05, 3.63) is 53.9 Å². The molecule has 0 amide bonds. The monoisotopic (exact) mass is 380 g/mol. The molecular weight excluding hydrogens is 358 g/mol. The van der Waals surface area contributed by atoms with Crippen molar-refractivity contribution in [1.29, 1.82) is 0 Å². The predicted molar refractivity (Wildman–Crippen MR) is 105 cm³/mol. The van der Waals surface area contributed by atoms with Crippen LogP contribution in [0.2, 0.25) is 0 Å². The number of carbonyl (C=O) groups is 1. The highest BCUT2D eigenvalue weighted by molar-refractivity contribution is 5.90. The van der Waals surface area contributed by atoms with Gasteiger partial charge in [-0.1, -0.05) is 32.0 Å². The lowest BCUT2D eigenvalue weighted by atomic mass is 10.1. The zero-order chi connectivity index (χ0) is 20.1. The van der Waals surface area contributed by atoms with Gasteiger partial charge < -0.3 is 23.8 Å². The summed E-state index contributed by atoms with van der Waals surface area (Å²) >= 11 is 0. The average molecular weight is 380 g/mol. The largest absolute Gasteiger partial charge is 0.550 e. The van der Waals surface area contributed by atoms with Gasteiger partial charge in [0.25, 0.3) is 0 Å². The fourth-order valence-corrected chi connectivity index (χ4v) is 2.71. The molecule has 0 unspecified atom stereocenters. The van der Waals surface area contributed by atoms with Crippen LogP contribution >= 0.6 is 0 Å². The van der Waals surface area contributed by atoms with Gasteiger partial charge in [-0.3, -0.25) is 0 Å². The van der Waals surface area contributed by atoms with E-state index in [0.717, 1.165) is 5.56 Å². The molecular formula is C22H22NO5-. The number of methoxy groups -OCH3 is 1. The minimum Gasteiger partial charge on any atom is -0.550 e. The number of oxazole rings is 1. The summed E-state index contributed by atoms with van der Waals surface area (Å²) in [6.45, 7) is 4.66. The van der Waals surface area contributed by atoms with Gasteiger partial charge in [0.1, 0.15) is 5.52 Å². The molecule has 0 saturated heterocycles. The zero-order valence-corrected chi connectivity index (χ0v) is 16.1. The third-order valence-electron chi connectivity index (χ3n) is 4.00. The first-order valence-electron chi connectivity index (χ1n) is 9.03. The van der Waals surface area contributed by atoms with Gasteiger partial charge in [0, 0.05) is 18.0 Å². The van der Waals surface area contributed by atoms with E-state index in [1.807, 2.05) is 24.3 Å². The second-order valence-corrected chi connectivity index (χ2v) is 6.82. The van der Waals surface area contributed by atoms with Crippen molar-refractivity contribution in [2.24, 2.45) is 5.92 Å². The SMILES string of the molecule is COc1ccc(/C=C(\CC(=O)[O-])c2nc3ccccc3o2)cc1OCC(C)C. The van der Waals surface area contributed by atoms with Gasteiger partial charge in [-0.05, 0) is 41.8 Å². The molecule has 0 aliphatic carbocycles. The molecule has 1 heterocycles. The standard InChI is InChI=1S/C22H23NO5/c1-14(2)13-27-20-11-15(8-9-19(20)26-3)10-16(12-21(24)25)22-23-17-6-4-5-7-18(17)28-22/h4-11,14H,12-13H2,1-3H3,(H,24,25)/p-1/b16-10+. The van der Waals surface area contributed by atoms with Crippen LogP contribution in [0.5, 0.6) is 11.5 Å². The van der Waals surface area contributed by atoms with Gasteiger partial charge >= 0.3 is 0 Å². The molecule has 0 saturated carbocycles. The Bertz CT molecular complexity index is 970. The summed E-state index contributed by atoms with van der Waals surface area (Å²) in [5, 5.41) is 11.3. The van der Waals surface area contributed by atoms with Crippen molar-refractivity contribution in [2.75, 3.05) is 13.7 Å². The van der Waals surface area contributed by atoms with Crippen molar-refractivity contribution >= 4 is 28.7 Å². The molecule has 28 heavy (non-hydrogen) atoms. The maximum Gasteiger partial charge on any atom is 0.223 e. The number of hydrogen-bond acceptors (Lipinski definition) is 6. The molecule has 6 heteroatoms. The van der Waals surface area contributed by atoms with Gasteiger partial charge in [0.05, 0.1) is 13.7 Å². The number of hydrogen-bond donors (Lipinski definition) is 0. The number of ether oxygens (including phenoxy) is 2. The number of fused-ring (bicyclic) bond motifs is 1. The first-order valence-corrected chi connectivity index (χ1v) is 9.03. The summed E-state index contributed by atoms with van der Waals surface area (Å²) < 4.78 is 16.9. The Balaban J connectivity index is 2.00. The Labute approximate surface area is 163 Å². The number of aromatic nitrogens is 1. The molecule has 0 fully saturated rings. The number of aliphatic carboxylic acids is 1. The lowest BCUT2D eigenvalue weighted by molar-refractivity contribution is -0.304. The number of para-hydroxylation sites is 2. The normalized spacial score (nSPS) is 11.8. The predicted octanol–water partition coefficient (Wildman–Crippen LogP) is 3.55. The molecule has 0 bridgehead atoms. The third-order valence-corrected chi connectivity index (χ3v) is 4.00. The maximum atomic E-state index is 11.3. The summed E-state index contributed by atoms with van der Waals surface area (Å²) in [4.78, 5) is 15.7. The summed E-state index contributed by atoms with van der Waals surface area (Å²) in [6.07, 6.45) is 1.39. The van der Waals surface area contributed by atoms with Gasteiger partial charge in [0.2, 0.25) is 5.89 Å². The lowest BCUT2D eigenvalue weighted by Crippen LogP contribution is -2.22. The first-order chi connectivity index (χ1) is 13.5. The minimum atomic E-state index is -1.21. The van der Waals surface area contributed by atoms with Crippen LogP contribution in [-0.2, 0) is 4.79 Å². The lowest BCUT2D eigenvalue weighted by Gasteiger charge is -2.13. The van der Waals surface area contributed by atoms with E-state index in [4.69, 9.17) is 13.9 Å². The highest BCUT2D eigenvalue weighted by Crippen LogP contribution is 2.31. The third kappa shape index (κ3) is 4.71. The Morgan fingerprint density at radius 3 is 2.68 bits per heavy atom. The summed E-state index contributed by atoms with van der Waals surface area (Å²) in [6, 6.07) is 12.7. The van der Waals surface area contributed by atoms with Crippen LogP contribution in [0, 0.1) is 5.92 Å². The molecule has 0 spiro atoms. The van der Waals surface area contributed by atoms with E-state index in [-0.39, 0.29) is 12.3 Å². The fraction of sp³-hybridized carbons (Fsp3) is 0.273. The molecule has 3 aromatic rings. The second-order valence-electron chi connectivity index (χ2n) is 6.82.